The van der Waals surface area contributed by atoms with Gasteiger partial charge in [-0.05, 0) is 6.07 Å². The Morgan fingerprint density at radius 2 is 2.44 bits per heavy atom. The molecule has 2 N–H and O–H groups in total. The minimum absolute atomic E-state index is 0.0231. The molecule has 1 atom stereocenters. The summed E-state index contributed by atoms with van der Waals surface area (Å²) in [5, 5.41) is 12.0. The molecular formula is C11H13ClN2O4. The van der Waals surface area contributed by atoms with Crippen LogP contribution in [-0.2, 0) is 9.47 Å². The second-order valence-corrected chi connectivity index (χ2v) is 4.21. The minimum Gasteiger partial charge on any atom is -0.478 e. The number of halogens is 1. The molecule has 0 bridgehead atoms. The summed E-state index contributed by atoms with van der Waals surface area (Å²) in [4.78, 5) is 14.9. The van der Waals surface area contributed by atoms with Gasteiger partial charge < -0.3 is 19.9 Å². The van der Waals surface area contributed by atoms with Crippen molar-refractivity contribution in [1.82, 2.24) is 4.98 Å². The van der Waals surface area contributed by atoms with E-state index in [9.17, 15) is 4.79 Å². The van der Waals surface area contributed by atoms with Gasteiger partial charge in [0, 0.05) is 12.7 Å². The molecule has 0 aliphatic carbocycles. The van der Waals surface area contributed by atoms with E-state index in [0.717, 1.165) is 0 Å². The Hall–Kier alpha value is -1.37. The van der Waals surface area contributed by atoms with Crippen LogP contribution in [0.15, 0.2) is 12.3 Å². The van der Waals surface area contributed by atoms with Crippen LogP contribution in [-0.4, -0.2) is 48.5 Å². The largest absolute Gasteiger partial charge is 0.478 e. The number of aromatic carboxylic acids is 1. The molecule has 0 spiro atoms. The van der Waals surface area contributed by atoms with E-state index in [-0.39, 0.29) is 16.7 Å². The highest BCUT2D eigenvalue weighted by atomic mass is 35.5. The zero-order chi connectivity index (χ0) is 13.0. The summed E-state index contributed by atoms with van der Waals surface area (Å²) in [6.45, 7) is 2.21. The molecule has 0 saturated carbocycles. The third-order valence-corrected chi connectivity index (χ3v) is 2.78. The lowest BCUT2D eigenvalue weighted by atomic mass is 10.2. The first-order chi connectivity index (χ1) is 8.66. The number of pyridine rings is 1. The fourth-order valence-electron chi connectivity index (χ4n) is 1.57. The molecule has 0 amide bonds. The van der Waals surface area contributed by atoms with Gasteiger partial charge in [-0.2, -0.15) is 0 Å². The molecular weight excluding hydrogens is 260 g/mol. The summed E-state index contributed by atoms with van der Waals surface area (Å²) in [6, 6.07) is 1.40. The van der Waals surface area contributed by atoms with Gasteiger partial charge in [-0.15, -0.1) is 0 Å². The van der Waals surface area contributed by atoms with Crippen LogP contribution in [0, 0.1) is 0 Å². The van der Waals surface area contributed by atoms with Gasteiger partial charge in [-0.25, -0.2) is 9.78 Å². The predicted octanol–water partition coefficient (Wildman–Crippen LogP) is 1.26. The number of hydrogen-bond donors (Lipinski definition) is 2. The summed E-state index contributed by atoms with van der Waals surface area (Å²) >= 11 is 5.72. The number of hydrogen-bond acceptors (Lipinski definition) is 5. The van der Waals surface area contributed by atoms with Crippen molar-refractivity contribution in [3.05, 3.63) is 22.8 Å². The standard InChI is InChI=1S/C11H13ClN2O4/c12-9-5-14-10(3-8(9)11(15)16)13-4-7-6-17-1-2-18-7/h3,5,7H,1-2,4,6H2,(H,13,14)(H,15,16). The van der Waals surface area contributed by atoms with Gasteiger partial charge in [0.1, 0.15) is 5.82 Å². The molecule has 0 aromatic carbocycles. The summed E-state index contributed by atoms with van der Waals surface area (Å²) < 4.78 is 10.7. The number of nitrogens with zero attached hydrogens (tertiary/aromatic N) is 1. The molecule has 18 heavy (non-hydrogen) atoms. The van der Waals surface area contributed by atoms with Crippen LogP contribution in [0.1, 0.15) is 10.4 Å². The number of carboxylic acids is 1. The number of anilines is 1. The van der Waals surface area contributed by atoms with E-state index in [1.165, 1.54) is 12.3 Å². The molecule has 1 saturated heterocycles. The van der Waals surface area contributed by atoms with Crippen LogP contribution in [0.3, 0.4) is 0 Å². The Balaban J connectivity index is 1.96. The van der Waals surface area contributed by atoms with Crippen LogP contribution >= 0.6 is 11.6 Å². The van der Waals surface area contributed by atoms with Gasteiger partial charge >= 0.3 is 5.97 Å². The summed E-state index contributed by atoms with van der Waals surface area (Å²) in [7, 11) is 0. The van der Waals surface area contributed by atoms with Crippen LogP contribution in [0.25, 0.3) is 0 Å². The normalized spacial score (nSPS) is 19.5. The fraction of sp³-hybridized carbons (Fsp3) is 0.455. The molecule has 7 heteroatoms. The molecule has 1 fully saturated rings. The van der Waals surface area contributed by atoms with Crippen molar-refractivity contribution in [3.63, 3.8) is 0 Å². The number of aromatic nitrogens is 1. The Kier molecular flexibility index (Phi) is 4.35. The zero-order valence-corrected chi connectivity index (χ0v) is 10.3. The predicted molar refractivity (Wildman–Crippen MR) is 65.3 cm³/mol. The van der Waals surface area contributed by atoms with Crippen LogP contribution in [0.5, 0.6) is 0 Å². The molecule has 1 aliphatic heterocycles. The summed E-state index contributed by atoms with van der Waals surface area (Å²) in [5.74, 6) is -0.631. The zero-order valence-electron chi connectivity index (χ0n) is 9.56. The minimum atomic E-state index is -1.08. The molecule has 2 rings (SSSR count). The number of carboxylic acid groups (broad SMARTS) is 1. The van der Waals surface area contributed by atoms with Crippen molar-refractivity contribution in [2.45, 2.75) is 6.10 Å². The quantitative estimate of drug-likeness (QED) is 0.859. The maximum absolute atomic E-state index is 10.9. The van der Waals surface area contributed by atoms with E-state index >= 15 is 0 Å². The van der Waals surface area contributed by atoms with Crippen molar-refractivity contribution in [2.24, 2.45) is 0 Å². The van der Waals surface area contributed by atoms with Crippen LogP contribution < -0.4 is 5.32 Å². The highest BCUT2D eigenvalue weighted by Gasteiger charge is 2.15. The maximum Gasteiger partial charge on any atom is 0.337 e. The second kappa shape index (κ2) is 5.99. The van der Waals surface area contributed by atoms with Crippen molar-refractivity contribution in [3.8, 4) is 0 Å². The highest BCUT2D eigenvalue weighted by Crippen LogP contribution is 2.18. The van der Waals surface area contributed by atoms with E-state index in [4.69, 9.17) is 26.2 Å². The van der Waals surface area contributed by atoms with Crippen LogP contribution in [0.4, 0.5) is 5.82 Å². The average Bonchev–Trinajstić information content (AvgIpc) is 2.38. The molecule has 2 heterocycles. The molecule has 98 valence electrons. The second-order valence-electron chi connectivity index (χ2n) is 3.80. The lowest BCUT2D eigenvalue weighted by Crippen LogP contribution is -2.34. The first-order valence-electron chi connectivity index (χ1n) is 5.49. The van der Waals surface area contributed by atoms with E-state index in [2.05, 4.69) is 10.3 Å². The van der Waals surface area contributed by atoms with Gasteiger partial charge in [-0.3, -0.25) is 0 Å². The third-order valence-electron chi connectivity index (χ3n) is 2.48. The first-order valence-corrected chi connectivity index (χ1v) is 5.86. The van der Waals surface area contributed by atoms with Gasteiger partial charge in [-0.1, -0.05) is 11.6 Å². The molecule has 1 unspecified atom stereocenters. The average molecular weight is 273 g/mol. The van der Waals surface area contributed by atoms with E-state index < -0.39 is 5.97 Å². The van der Waals surface area contributed by atoms with Gasteiger partial charge in [0.15, 0.2) is 0 Å². The number of rotatable bonds is 4. The Morgan fingerprint density at radius 1 is 1.61 bits per heavy atom. The monoisotopic (exact) mass is 272 g/mol. The molecule has 1 aliphatic rings. The lowest BCUT2D eigenvalue weighted by molar-refractivity contribution is -0.0819. The van der Waals surface area contributed by atoms with E-state index in [1.54, 1.807) is 0 Å². The summed E-state index contributed by atoms with van der Waals surface area (Å²) in [6.07, 6.45) is 1.26. The number of nitrogens with one attached hydrogen (secondary N) is 1. The lowest BCUT2D eigenvalue weighted by Gasteiger charge is -2.23. The van der Waals surface area contributed by atoms with Gasteiger partial charge in [0.05, 0.1) is 36.5 Å². The smallest absolute Gasteiger partial charge is 0.337 e. The van der Waals surface area contributed by atoms with Gasteiger partial charge in [0.25, 0.3) is 0 Å². The topological polar surface area (TPSA) is 80.7 Å². The number of ether oxygens (including phenoxy) is 2. The summed E-state index contributed by atoms with van der Waals surface area (Å²) in [5.41, 5.74) is 0.0231. The maximum atomic E-state index is 10.9. The van der Waals surface area contributed by atoms with Crippen LogP contribution in [0.2, 0.25) is 5.02 Å². The molecule has 6 nitrogen and oxygen atoms in total. The van der Waals surface area contributed by atoms with Crippen molar-refractivity contribution >= 4 is 23.4 Å². The fourth-order valence-corrected chi connectivity index (χ4v) is 1.76. The third kappa shape index (κ3) is 3.32. The Morgan fingerprint density at radius 3 is 3.11 bits per heavy atom. The SMILES string of the molecule is O=C(O)c1cc(NCC2COCCO2)ncc1Cl. The number of carbonyl (C=O) groups is 1. The van der Waals surface area contributed by atoms with Crippen molar-refractivity contribution in [1.29, 1.82) is 0 Å². The Bertz CT molecular complexity index is 435. The molecule has 1 aromatic heterocycles. The highest BCUT2D eigenvalue weighted by molar-refractivity contribution is 6.33. The van der Waals surface area contributed by atoms with Crippen molar-refractivity contribution in [2.75, 3.05) is 31.7 Å². The first kappa shape index (κ1) is 13.1. The van der Waals surface area contributed by atoms with Gasteiger partial charge in [0.2, 0.25) is 0 Å². The molecule has 1 aromatic rings. The molecule has 0 radical (unpaired) electrons. The van der Waals surface area contributed by atoms with E-state index in [0.29, 0.717) is 32.2 Å². The Labute approximate surface area is 109 Å². The van der Waals surface area contributed by atoms with Crippen molar-refractivity contribution < 1.29 is 19.4 Å². The van der Waals surface area contributed by atoms with E-state index in [1.807, 2.05) is 0 Å².